The molecule has 8 aromatic rings. The van der Waals surface area contributed by atoms with Crippen molar-refractivity contribution in [1.82, 2.24) is 62.2 Å². The molecule has 4 aliphatic heterocycles. The molecule has 12 nitrogen and oxygen atoms in total. The van der Waals surface area contributed by atoms with Gasteiger partial charge in [-0.1, -0.05) is 237 Å². The van der Waals surface area contributed by atoms with Crippen molar-refractivity contribution in [2.24, 2.45) is 0 Å². The maximum absolute atomic E-state index is 4.79. The number of benzene rings is 8. The van der Waals surface area contributed by atoms with Crippen molar-refractivity contribution >= 4 is 76.4 Å². The van der Waals surface area contributed by atoms with E-state index in [1.54, 1.807) is 210 Å². The first kappa shape index (κ1) is 111. The summed E-state index contributed by atoms with van der Waals surface area (Å²) in [6, 6.07) is 76.4. The molecule has 128 heavy (non-hydrogen) atoms. The van der Waals surface area contributed by atoms with Crippen LogP contribution in [0.25, 0.3) is 22.8 Å². The summed E-state index contributed by atoms with van der Waals surface area (Å²) in [6.07, 6.45) is 61.1. The predicted octanol–water partition coefficient (Wildman–Crippen LogP) is 27.4. The summed E-state index contributed by atoms with van der Waals surface area (Å²) in [5.41, 5.74) is 39.2. The fourth-order valence-electron chi connectivity index (χ4n) is 19.6. The Morgan fingerprint density at radius 1 is 0.312 bits per heavy atom. The summed E-state index contributed by atoms with van der Waals surface area (Å²) in [5, 5.41) is 15.8. The van der Waals surface area contributed by atoms with Crippen LogP contribution < -0.4 is 22.1 Å². The van der Waals surface area contributed by atoms with Gasteiger partial charge in [-0.05, 0) is 197 Å². The number of hydrazine groups is 8. The van der Waals surface area contributed by atoms with Gasteiger partial charge in [-0.15, -0.1) is 77.3 Å². The van der Waals surface area contributed by atoms with Crippen molar-refractivity contribution in [2.45, 2.75) is 280 Å². The van der Waals surface area contributed by atoms with Gasteiger partial charge in [-0.3, -0.25) is 5.56 Å². The summed E-state index contributed by atoms with van der Waals surface area (Å²) in [7, 11) is 26.7. The van der Waals surface area contributed by atoms with E-state index >= 15 is 0 Å². The van der Waals surface area contributed by atoms with E-state index in [9.17, 15) is 0 Å². The third kappa shape index (κ3) is 36.7. The van der Waals surface area contributed by atoms with Crippen LogP contribution in [-0.2, 0) is 101 Å². The molecule has 10 aliphatic rings. The molecule has 0 atom stereocenters. The van der Waals surface area contributed by atoms with E-state index in [0.717, 1.165) is 54.5 Å². The number of hydrogen-bond acceptors (Lipinski definition) is 12. The third-order valence-corrected chi connectivity index (χ3v) is 34.9. The van der Waals surface area contributed by atoms with Gasteiger partial charge in [0.15, 0.2) is 0 Å². The Bertz CT molecular complexity index is 3800. The molecule has 706 valence electrons. The minimum absolute atomic E-state index is 0. The zero-order chi connectivity index (χ0) is 88.3. The van der Waals surface area contributed by atoms with Crippen molar-refractivity contribution in [1.29, 1.82) is 0 Å². The number of nitrogens with zero attached hydrogens (tertiary/aromatic N) is 8. The van der Waals surface area contributed by atoms with E-state index in [1.807, 2.05) is 128 Å². The topological polar surface area (TPSA) is 74.0 Å². The predicted molar refractivity (Wildman–Crippen MR) is 537 cm³/mol. The first-order chi connectivity index (χ1) is 61.2. The van der Waals surface area contributed by atoms with Crippen LogP contribution in [0.4, 0.5) is 0 Å². The molecule has 6 aliphatic carbocycles. The first-order valence-electron chi connectivity index (χ1n) is 46.0. The van der Waals surface area contributed by atoms with Crippen molar-refractivity contribution < 1.29 is 74.6 Å². The Labute approximate surface area is 838 Å². The van der Waals surface area contributed by atoms with Crippen LogP contribution in [0.3, 0.4) is 0 Å². The van der Waals surface area contributed by atoms with Gasteiger partial charge in [-0.2, -0.15) is 46.2 Å². The third-order valence-electron chi connectivity index (χ3n) is 25.8. The van der Waals surface area contributed by atoms with Crippen LogP contribution in [-0.4, -0.2) is 102 Å². The average Bonchev–Trinajstić information content (AvgIpc) is 1.64. The monoisotopic (exact) mass is 2210 g/mol. The zero-order valence-electron chi connectivity index (χ0n) is 77.6. The Morgan fingerprint density at radius 3 is 0.711 bits per heavy atom. The molecule has 22 heteroatoms. The normalized spacial score (nSPS) is 18.0. The van der Waals surface area contributed by atoms with Gasteiger partial charge in [0, 0.05) is 92.6 Å². The fraction of sp³-hybridized carbons (Fsp3) is 0.453. The molecule has 0 amide bonds. The Balaban J connectivity index is 0.000000206. The minimum atomic E-state index is -0.0465. The molecular weight excluding hydrogens is 2060 g/mol. The van der Waals surface area contributed by atoms with E-state index in [2.05, 4.69) is 270 Å². The van der Waals surface area contributed by atoms with E-state index in [0.29, 0.717) is 0 Å². The van der Waals surface area contributed by atoms with Crippen molar-refractivity contribution in [3.63, 3.8) is 0 Å². The van der Waals surface area contributed by atoms with Crippen LogP contribution in [0.1, 0.15) is 259 Å². The molecule has 0 bridgehead atoms. The summed E-state index contributed by atoms with van der Waals surface area (Å²) in [4.78, 5) is 0. The molecule has 4 N–H and O–H groups in total. The van der Waals surface area contributed by atoms with Crippen LogP contribution >= 0.6 is 53.6 Å². The first-order valence-corrected chi connectivity index (χ1v) is 57.9. The zero-order valence-corrected chi connectivity index (χ0v) is 89.2. The summed E-state index contributed by atoms with van der Waals surface area (Å²) < 4.78 is 0. The van der Waals surface area contributed by atoms with Crippen LogP contribution in [0, 0.1) is 73.4 Å². The molecule has 0 saturated heterocycles. The average molecular weight is 2210 g/mol. The summed E-state index contributed by atoms with van der Waals surface area (Å²) >= 11 is 3.46. The number of rotatable bonds is 18. The number of hydrogen-bond donors (Lipinski definition) is 4. The van der Waals surface area contributed by atoms with Crippen LogP contribution in [0.15, 0.2) is 212 Å². The molecular formula is C106H146Ag2Cl4N12P2Ru2. The molecule has 0 spiro atoms. The van der Waals surface area contributed by atoms with E-state index in [-0.39, 0.29) is 70.7 Å². The molecule has 8 aromatic carbocycles. The Morgan fingerprint density at radius 2 is 0.508 bits per heavy atom. The second kappa shape index (κ2) is 62.4. The van der Waals surface area contributed by atoms with Crippen molar-refractivity contribution in [2.75, 3.05) is 28.2 Å². The van der Waals surface area contributed by atoms with Gasteiger partial charge in [-0.25, -0.2) is 12.1 Å². The SMILES string of the molecule is C1CCC([PH+](C2CCCCC2)C2CCCCC2)CC1.C1CCC([PH+](C2CCCCC2)C2CCCCC2)CC1.Cc1c[c-]c(C2=[C-]N(Cc3ccccc3)NN2C)cc1.Cc1ccc(C2=[C-]N(Cc3ccccc3)NN2C)cc1.Cc1ccc(C2=[C-]N(Cc3ccccc3)NN2C)cc1.Cc1ccc(C2=[C-]N(Cc3ccccc3)NN2C)cc1.[Ag].[CH3-].[CH3-].[Cl][Ag][Cl].[Cl][Ru+3].[Cl][RuH+2]. The number of aryl methyl sites for hydroxylation is 4. The molecule has 4 heterocycles. The quantitative estimate of drug-likeness (QED) is 0.0376. The van der Waals surface area contributed by atoms with Crippen LogP contribution in [0.2, 0.25) is 0 Å². The summed E-state index contributed by atoms with van der Waals surface area (Å²) in [6.45, 7) is 11.5. The molecule has 0 aromatic heterocycles. The molecule has 18 rings (SSSR count). The van der Waals surface area contributed by atoms with E-state index in [4.69, 9.17) is 18.4 Å². The molecule has 6 saturated carbocycles. The van der Waals surface area contributed by atoms with E-state index < -0.39 is 0 Å². The molecule has 6 fully saturated rings. The molecule has 1 radical (unpaired) electrons. The van der Waals surface area contributed by atoms with Crippen LogP contribution in [0.5, 0.6) is 0 Å². The van der Waals surface area contributed by atoms with Crippen molar-refractivity contribution in [3.8, 4) is 0 Å². The second-order valence-corrected chi connectivity index (χ2v) is 44.3. The van der Waals surface area contributed by atoms with Gasteiger partial charge >= 0.3 is 90.0 Å². The Kier molecular flexibility index (Phi) is 54.0. The van der Waals surface area contributed by atoms with Gasteiger partial charge in [0.25, 0.3) is 0 Å². The number of nitrogens with one attached hydrogen (secondary N) is 4. The van der Waals surface area contributed by atoms with E-state index in [1.165, 1.54) is 95.2 Å². The standard InChI is InChI=1S/2C18H33P.3C17H18N3.C17H17N3.2CH3.2Ag.4ClH.2Ru.H/c2*1-4-10-16(11-5-1)19(17-12-6-2-7-13-17)18-14-8-3-9-15-18;4*1-14-8-10-16(11-9-14)17-13-20(18-19(17)2)12-15-6-4-3-5-7-15;;;;;;;;;;;/h2*16-18H,1-15H2;3*3-11,18H,12H2,1-2H3;3-10,18H,12H2,1-2H3;2*1H3;;;4*1H;;;/q;;3*-1;-2;2*-1;;+2;;;;;+3;+4;/p-2. The fourth-order valence-corrected chi connectivity index (χ4v) is 30.1. The van der Waals surface area contributed by atoms with Gasteiger partial charge in [0.1, 0.15) is 0 Å². The maximum atomic E-state index is 4.79. The second-order valence-electron chi connectivity index (χ2n) is 35.2. The van der Waals surface area contributed by atoms with Gasteiger partial charge in [0.2, 0.25) is 0 Å². The number of halogens is 4. The van der Waals surface area contributed by atoms with Crippen molar-refractivity contribution in [3.05, 3.63) is 325 Å². The Hall–Kier alpha value is -4.29. The summed E-state index contributed by atoms with van der Waals surface area (Å²) in [5.74, 6) is 0. The molecule has 0 unspecified atom stereocenters. The van der Waals surface area contributed by atoms with Gasteiger partial charge in [0.05, 0.1) is 34.0 Å². The van der Waals surface area contributed by atoms with Gasteiger partial charge < -0.3 is 54.9 Å².